The molecule has 0 atom stereocenters. The lowest BCUT2D eigenvalue weighted by molar-refractivity contribution is -0.206. The van der Waals surface area contributed by atoms with Gasteiger partial charge in [-0.15, -0.1) is 0 Å². The van der Waals surface area contributed by atoms with Gasteiger partial charge in [-0.3, -0.25) is 19.4 Å². The average Bonchev–Trinajstić information content (AvgIpc) is 3.16. The zero-order valence-corrected chi connectivity index (χ0v) is 21.3. The number of hydrogen-bond donors (Lipinski definition) is 2. The second kappa shape index (κ2) is 11.5. The number of anilines is 2. The molecule has 10 heteroatoms. The second-order valence-corrected chi connectivity index (χ2v) is 8.71. The van der Waals surface area contributed by atoms with E-state index in [0.29, 0.717) is 5.56 Å². The lowest BCUT2D eigenvalue weighted by Gasteiger charge is -2.31. The normalized spacial score (nSPS) is 13.8. The molecular weight excluding hydrogens is 526 g/mol. The highest BCUT2D eigenvalue weighted by atomic mass is 16.7. The van der Waals surface area contributed by atoms with Crippen molar-refractivity contribution in [1.29, 1.82) is 0 Å². The number of aromatic nitrogens is 1. The summed E-state index contributed by atoms with van der Waals surface area (Å²) < 4.78 is 11.0. The van der Waals surface area contributed by atoms with Crippen LogP contribution in [0, 0.1) is 0 Å². The third-order valence-corrected chi connectivity index (χ3v) is 6.00. The number of ether oxygens (including phenoxy) is 2. The number of ketones is 1. The molecule has 0 saturated carbocycles. The Morgan fingerprint density at radius 1 is 0.610 bits per heavy atom. The fourth-order valence-corrected chi connectivity index (χ4v) is 4.09. The summed E-state index contributed by atoms with van der Waals surface area (Å²) in [7, 11) is 0. The largest absolute Gasteiger partial charge is 0.406 e. The number of nitrogens with one attached hydrogen (secondary N) is 2. The molecule has 3 aromatic carbocycles. The Morgan fingerprint density at radius 2 is 1.07 bits per heavy atom. The monoisotopic (exact) mass is 547 g/mol. The highest BCUT2D eigenvalue weighted by Gasteiger charge is 2.53. The fraction of sp³-hybridized carbons (Fsp3) is 0.0323. The molecule has 0 bridgehead atoms. The molecular formula is C31H21N3O7. The van der Waals surface area contributed by atoms with Gasteiger partial charge in [0.05, 0.1) is 11.4 Å². The number of hydrogen-bond acceptors (Lipinski definition) is 8. The van der Waals surface area contributed by atoms with Crippen LogP contribution in [0.15, 0.2) is 115 Å². The summed E-state index contributed by atoms with van der Waals surface area (Å²) in [5.74, 6) is -7.02. The molecule has 0 unspecified atom stereocenters. The van der Waals surface area contributed by atoms with Crippen LogP contribution in [0.5, 0.6) is 0 Å². The number of esters is 2. The first-order valence-corrected chi connectivity index (χ1v) is 12.3. The van der Waals surface area contributed by atoms with Crippen molar-refractivity contribution < 1.29 is 33.4 Å². The molecule has 41 heavy (non-hydrogen) atoms. The lowest BCUT2D eigenvalue weighted by atomic mass is 9.97. The first-order valence-electron chi connectivity index (χ1n) is 12.3. The molecule has 1 aromatic heterocycles. The van der Waals surface area contributed by atoms with Gasteiger partial charge < -0.3 is 20.1 Å². The lowest BCUT2D eigenvalue weighted by Crippen LogP contribution is -2.45. The minimum absolute atomic E-state index is 0.00215. The van der Waals surface area contributed by atoms with Crippen molar-refractivity contribution in [2.45, 2.75) is 5.79 Å². The van der Waals surface area contributed by atoms with Gasteiger partial charge in [-0.1, -0.05) is 66.7 Å². The van der Waals surface area contributed by atoms with E-state index < -0.39 is 41.0 Å². The molecule has 0 aliphatic carbocycles. The zero-order valence-electron chi connectivity index (χ0n) is 21.3. The first-order chi connectivity index (χ1) is 19.9. The summed E-state index contributed by atoms with van der Waals surface area (Å²) in [6.07, 6.45) is 2.84. The van der Waals surface area contributed by atoms with Crippen LogP contribution >= 0.6 is 0 Å². The van der Waals surface area contributed by atoms with Crippen LogP contribution in [0.2, 0.25) is 0 Å². The van der Waals surface area contributed by atoms with Crippen molar-refractivity contribution in [1.82, 2.24) is 4.98 Å². The number of rotatable bonds is 7. The third kappa shape index (κ3) is 5.62. The molecule has 5 rings (SSSR count). The van der Waals surface area contributed by atoms with Gasteiger partial charge in [0.15, 0.2) is 5.69 Å². The van der Waals surface area contributed by atoms with Crippen molar-refractivity contribution in [3.8, 4) is 0 Å². The van der Waals surface area contributed by atoms with Gasteiger partial charge >= 0.3 is 17.7 Å². The summed E-state index contributed by atoms with van der Waals surface area (Å²) in [4.78, 5) is 70.1. The summed E-state index contributed by atoms with van der Waals surface area (Å²) in [5, 5.41) is 5.35. The predicted molar refractivity (Wildman–Crippen MR) is 147 cm³/mol. The Bertz CT molecular complexity index is 1650. The van der Waals surface area contributed by atoms with Gasteiger partial charge in [0.1, 0.15) is 0 Å². The maximum atomic E-state index is 14.0. The van der Waals surface area contributed by atoms with E-state index in [-0.39, 0.29) is 22.5 Å². The van der Waals surface area contributed by atoms with Gasteiger partial charge in [0.25, 0.3) is 17.6 Å². The van der Waals surface area contributed by atoms with Gasteiger partial charge in [-0.25, -0.2) is 9.59 Å². The van der Waals surface area contributed by atoms with Gasteiger partial charge in [-0.2, -0.15) is 0 Å². The van der Waals surface area contributed by atoms with Crippen LogP contribution in [-0.2, 0) is 24.8 Å². The minimum atomic E-state index is -2.76. The van der Waals surface area contributed by atoms with Crippen molar-refractivity contribution >= 4 is 40.9 Å². The van der Waals surface area contributed by atoms with E-state index in [1.54, 1.807) is 78.9 Å². The van der Waals surface area contributed by atoms with E-state index in [1.807, 2.05) is 0 Å². The average molecular weight is 548 g/mol. The molecule has 2 heterocycles. The maximum absolute atomic E-state index is 14.0. The highest BCUT2D eigenvalue weighted by Crippen LogP contribution is 2.40. The highest BCUT2D eigenvalue weighted by molar-refractivity contribution is 6.12. The Balaban J connectivity index is 1.70. The van der Waals surface area contributed by atoms with Crippen LogP contribution < -0.4 is 10.6 Å². The molecule has 4 aromatic rings. The fourth-order valence-electron chi connectivity index (χ4n) is 4.09. The second-order valence-electron chi connectivity index (χ2n) is 8.71. The summed E-state index contributed by atoms with van der Waals surface area (Å²) in [5.41, 5.74) is -0.0989. The van der Waals surface area contributed by atoms with E-state index in [2.05, 4.69) is 15.6 Å². The van der Waals surface area contributed by atoms with Gasteiger partial charge in [-0.05, 0) is 30.3 Å². The van der Waals surface area contributed by atoms with Crippen LogP contribution in [0.1, 0.15) is 36.8 Å². The van der Waals surface area contributed by atoms with Crippen LogP contribution in [0.3, 0.4) is 0 Å². The Kier molecular flexibility index (Phi) is 7.46. The van der Waals surface area contributed by atoms with E-state index in [4.69, 9.17) is 9.47 Å². The van der Waals surface area contributed by atoms with Crippen molar-refractivity contribution in [2.75, 3.05) is 10.6 Å². The Labute approximate surface area is 233 Å². The molecule has 0 spiro atoms. The standard InChI is InChI=1S/C31H21N3O7/c35-24-16-17-25(36)41-31(40-24,28(37)20-10-4-1-5-11-20)27-26(34-30(39)22-14-8-3-9-15-22)23(18-19-32-27)33-29(38)21-12-6-2-7-13-21/h1-19H,(H,34,39)(H,32,33,38). The molecule has 1 aliphatic heterocycles. The summed E-state index contributed by atoms with van der Waals surface area (Å²) in [6.45, 7) is 0. The number of Topliss-reactive ketones (excluding diaryl/α,β-unsaturated/α-hetero) is 1. The van der Waals surface area contributed by atoms with E-state index in [9.17, 15) is 24.0 Å². The molecule has 0 radical (unpaired) electrons. The van der Waals surface area contributed by atoms with Gasteiger partial charge in [0.2, 0.25) is 0 Å². The van der Waals surface area contributed by atoms with Crippen molar-refractivity contribution in [2.24, 2.45) is 0 Å². The SMILES string of the molecule is O=C1C=CC(=O)OC(C(=O)c2ccccc2)(c2nccc(NC(=O)c3ccccc3)c2NC(=O)c2ccccc2)O1. The maximum Gasteiger partial charge on any atom is 0.368 e. The van der Waals surface area contributed by atoms with E-state index in [0.717, 1.165) is 12.2 Å². The number of benzene rings is 3. The molecule has 0 saturated heterocycles. The Morgan fingerprint density at radius 3 is 1.59 bits per heavy atom. The zero-order chi connectivity index (χ0) is 28.8. The molecule has 0 fully saturated rings. The number of cyclic esters (lactones) is 2. The summed E-state index contributed by atoms with van der Waals surface area (Å²) in [6, 6.07) is 25.5. The predicted octanol–water partition coefficient (Wildman–Crippen LogP) is 4.28. The van der Waals surface area contributed by atoms with Crippen LogP contribution in [0.4, 0.5) is 11.4 Å². The first kappa shape index (κ1) is 26.7. The molecule has 10 nitrogen and oxygen atoms in total. The molecule has 2 N–H and O–H groups in total. The van der Waals surface area contributed by atoms with Gasteiger partial charge in [0, 0.05) is 35.0 Å². The topological polar surface area (TPSA) is 141 Å². The number of carbonyl (C=O) groups excluding carboxylic acids is 5. The van der Waals surface area contributed by atoms with Crippen molar-refractivity contribution in [3.05, 3.63) is 138 Å². The quantitative estimate of drug-likeness (QED) is 0.258. The number of carbonyl (C=O) groups is 5. The summed E-state index contributed by atoms with van der Waals surface area (Å²) >= 11 is 0. The minimum Gasteiger partial charge on any atom is -0.406 e. The smallest absolute Gasteiger partial charge is 0.368 e. The van der Waals surface area contributed by atoms with E-state index in [1.165, 1.54) is 24.4 Å². The number of nitrogens with zero attached hydrogens (tertiary/aromatic N) is 1. The molecule has 1 aliphatic rings. The van der Waals surface area contributed by atoms with Crippen molar-refractivity contribution in [3.63, 3.8) is 0 Å². The molecule has 202 valence electrons. The third-order valence-electron chi connectivity index (χ3n) is 6.00. The van der Waals surface area contributed by atoms with Crippen LogP contribution in [-0.4, -0.2) is 34.5 Å². The molecule has 2 amide bonds. The van der Waals surface area contributed by atoms with E-state index >= 15 is 0 Å². The number of amides is 2. The van der Waals surface area contributed by atoms with Crippen LogP contribution in [0.25, 0.3) is 0 Å². The number of pyridine rings is 1. The Hall–Kier alpha value is -5.90.